The van der Waals surface area contributed by atoms with Gasteiger partial charge in [-0.3, -0.25) is 4.79 Å². The predicted octanol–water partition coefficient (Wildman–Crippen LogP) is 4.24. The molecule has 0 aromatic heterocycles. The van der Waals surface area contributed by atoms with E-state index in [9.17, 15) is 4.79 Å². The molecular weight excluding hydrogens is 293 g/mol. The number of amides is 1. The number of rotatable bonds is 5. The van der Waals surface area contributed by atoms with Crippen molar-refractivity contribution >= 4 is 29.1 Å². The van der Waals surface area contributed by atoms with Crippen molar-refractivity contribution in [3.63, 3.8) is 0 Å². The van der Waals surface area contributed by atoms with Crippen LogP contribution in [-0.2, 0) is 17.8 Å². The molecule has 1 N–H and O–H groups in total. The number of carbonyl (C=O) groups is 1. The third-order valence-electron chi connectivity index (χ3n) is 2.98. The Morgan fingerprint density at radius 3 is 2.40 bits per heavy atom. The molecule has 0 unspecified atom stereocenters. The summed E-state index contributed by atoms with van der Waals surface area (Å²) < 4.78 is 0. The molecule has 0 bridgehead atoms. The van der Waals surface area contributed by atoms with E-state index in [0.717, 1.165) is 11.1 Å². The number of carbonyl (C=O) groups excluding carboxylic acids is 1. The molecule has 4 heteroatoms. The van der Waals surface area contributed by atoms with Crippen LogP contribution in [0.2, 0.25) is 10.0 Å². The monoisotopic (exact) mass is 307 g/mol. The molecule has 2 nitrogen and oxygen atoms in total. The summed E-state index contributed by atoms with van der Waals surface area (Å²) in [6.45, 7) is 0.512. The molecule has 0 radical (unpaired) electrons. The molecule has 0 heterocycles. The van der Waals surface area contributed by atoms with Gasteiger partial charge >= 0.3 is 0 Å². The zero-order valence-corrected chi connectivity index (χ0v) is 12.4. The average molecular weight is 308 g/mol. The molecule has 0 saturated heterocycles. The Morgan fingerprint density at radius 1 is 1.00 bits per heavy atom. The summed E-state index contributed by atoms with van der Waals surface area (Å²) in [5.41, 5.74) is 2.02. The zero-order valence-electron chi connectivity index (χ0n) is 10.9. The Hall–Kier alpha value is -1.51. The fourth-order valence-corrected chi connectivity index (χ4v) is 2.20. The topological polar surface area (TPSA) is 29.1 Å². The first-order valence-electron chi connectivity index (χ1n) is 6.40. The van der Waals surface area contributed by atoms with Crippen molar-refractivity contribution in [2.45, 2.75) is 19.4 Å². The second-order valence-electron chi connectivity index (χ2n) is 4.49. The van der Waals surface area contributed by atoms with Crippen LogP contribution in [-0.4, -0.2) is 5.91 Å². The molecule has 20 heavy (non-hydrogen) atoms. The van der Waals surface area contributed by atoms with Crippen molar-refractivity contribution in [2.75, 3.05) is 0 Å². The van der Waals surface area contributed by atoms with E-state index >= 15 is 0 Å². The summed E-state index contributed by atoms with van der Waals surface area (Å²) in [5, 5.41) is 4.28. The van der Waals surface area contributed by atoms with Gasteiger partial charge in [0.2, 0.25) is 5.91 Å². The molecule has 1 amide bonds. The Kier molecular flexibility index (Phi) is 5.45. The van der Waals surface area contributed by atoms with Crippen LogP contribution in [0.25, 0.3) is 0 Å². The first-order valence-corrected chi connectivity index (χ1v) is 7.15. The van der Waals surface area contributed by atoms with E-state index in [2.05, 4.69) is 5.32 Å². The molecular formula is C16H15Cl2NO. The molecule has 2 rings (SSSR count). The Bertz CT molecular complexity index is 581. The lowest BCUT2D eigenvalue weighted by molar-refractivity contribution is -0.121. The lowest BCUT2D eigenvalue weighted by Gasteiger charge is -2.06. The maximum absolute atomic E-state index is 11.8. The van der Waals surface area contributed by atoms with Gasteiger partial charge in [-0.15, -0.1) is 0 Å². The van der Waals surface area contributed by atoms with Gasteiger partial charge in [0.05, 0.1) is 0 Å². The number of hydrogen-bond acceptors (Lipinski definition) is 1. The summed E-state index contributed by atoms with van der Waals surface area (Å²) in [4.78, 5) is 11.8. The van der Waals surface area contributed by atoms with E-state index in [1.807, 2.05) is 48.5 Å². The van der Waals surface area contributed by atoms with Gasteiger partial charge in [-0.2, -0.15) is 0 Å². The minimum Gasteiger partial charge on any atom is -0.352 e. The summed E-state index contributed by atoms with van der Waals surface area (Å²) in [6.07, 6.45) is 1.07. The predicted molar refractivity (Wildman–Crippen MR) is 83.1 cm³/mol. The summed E-state index contributed by atoms with van der Waals surface area (Å²) >= 11 is 11.9. The van der Waals surface area contributed by atoms with Crippen LogP contribution in [0, 0.1) is 0 Å². The Morgan fingerprint density at radius 2 is 1.70 bits per heavy atom. The van der Waals surface area contributed by atoms with Crippen molar-refractivity contribution in [3.8, 4) is 0 Å². The standard InChI is InChI=1S/C16H15Cl2NO/c17-14-8-5-12(6-9-14)11-19-16(20)10-7-13-3-1-2-4-15(13)18/h1-6,8-9H,7,10-11H2,(H,19,20). The van der Waals surface area contributed by atoms with E-state index in [-0.39, 0.29) is 5.91 Å². The third kappa shape index (κ3) is 4.55. The molecule has 0 aliphatic carbocycles. The second-order valence-corrected chi connectivity index (χ2v) is 5.34. The van der Waals surface area contributed by atoms with Gasteiger partial charge in [-0.1, -0.05) is 53.5 Å². The van der Waals surface area contributed by atoms with Crippen LogP contribution >= 0.6 is 23.2 Å². The zero-order chi connectivity index (χ0) is 14.4. The summed E-state index contributed by atoms with van der Waals surface area (Å²) in [7, 11) is 0. The van der Waals surface area contributed by atoms with Crippen molar-refractivity contribution in [1.82, 2.24) is 5.32 Å². The number of hydrogen-bond donors (Lipinski definition) is 1. The fraction of sp³-hybridized carbons (Fsp3) is 0.188. The van der Waals surface area contributed by atoms with E-state index in [4.69, 9.17) is 23.2 Å². The van der Waals surface area contributed by atoms with E-state index in [1.54, 1.807) is 0 Å². The van der Waals surface area contributed by atoms with Crippen molar-refractivity contribution in [1.29, 1.82) is 0 Å². The average Bonchev–Trinajstić information content (AvgIpc) is 2.46. The lowest BCUT2D eigenvalue weighted by Crippen LogP contribution is -2.22. The normalized spacial score (nSPS) is 10.3. The highest BCUT2D eigenvalue weighted by Crippen LogP contribution is 2.16. The largest absolute Gasteiger partial charge is 0.352 e. The molecule has 2 aromatic rings. The maximum atomic E-state index is 11.8. The van der Waals surface area contributed by atoms with Crippen LogP contribution in [0.3, 0.4) is 0 Å². The van der Waals surface area contributed by atoms with E-state index < -0.39 is 0 Å². The molecule has 104 valence electrons. The second kappa shape index (κ2) is 7.32. The Balaban J connectivity index is 1.78. The summed E-state index contributed by atoms with van der Waals surface area (Å²) in [6, 6.07) is 15.0. The van der Waals surface area contributed by atoms with Gasteiger partial charge in [0.1, 0.15) is 0 Å². The fourth-order valence-electron chi connectivity index (χ4n) is 1.84. The highest BCUT2D eigenvalue weighted by atomic mass is 35.5. The number of nitrogens with one attached hydrogen (secondary N) is 1. The maximum Gasteiger partial charge on any atom is 0.220 e. The minimum atomic E-state index is 0.0138. The van der Waals surface area contributed by atoms with Crippen molar-refractivity contribution in [2.24, 2.45) is 0 Å². The quantitative estimate of drug-likeness (QED) is 0.879. The van der Waals surface area contributed by atoms with Crippen molar-refractivity contribution < 1.29 is 4.79 Å². The SMILES string of the molecule is O=C(CCc1ccccc1Cl)NCc1ccc(Cl)cc1. The van der Waals surface area contributed by atoms with Crippen LogP contribution < -0.4 is 5.32 Å². The first kappa shape index (κ1) is 14.9. The van der Waals surface area contributed by atoms with Gasteiger partial charge in [0.25, 0.3) is 0 Å². The van der Waals surface area contributed by atoms with Gasteiger partial charge < -0.3 is 5.32 Å². The smallest absolute Gasteiger partial charge is 0.220 e. The van der Waals surface area contributed by atoms with Gasteiger partial charge in [0.15, 0.2) is 0 Å². The third-order valence-corrected chi connectivity index (χ3v) is 3.60. The highest BCUT2D eigenvalue weighted by molar-refractivity contribution is 6.31. The molecule has 0 aliphatic heterocycles. The van der Waals surface area contributed by atoms with Crippen LogP contribution in [0.1, 0.15) is 17.5 Å². The lowest BCUT2D eigenvalue weighted by atomic mass is 10.1. The first-order chi connectivity index (χ1) is 9.65. The van der Waals surface area contributed by atoms with Crippen molar-refractivity contribution in [3.05, 3.63) is 69.7 Å². The number of halogens is 2. The van der Waals surface area contributed by atoms with Crippen LogP contribution in [0.4, 0.5) is 0 Å². The van der Waals surface area contributed by atoms with Gasteiger partial charge in [0, 0.05) is 23.0 Å². The van der Waals surface area contributed by atoms with Crippen LogP contribution in [0.15, 0.2) is 48.5 Å². The Labute approximate surface area is 128 Å². The van der Waals surface area contributed by atoms with E-state index in [1.165, 1.54) is 0 Å². The molecule has 0 fully saturated rings. The van der Waals surface area contributed by atoms with Crippen LogP contribution in [0.5, 0.6) is 0 Å². The summed E-state index contributed by atoms with van der Waals surface area (Å²) in [5.74, 6) is 0.0138. The molecule has 0 spiro atoms. The number of benzene rings is 2. The molecule has 0 atom stereocenters. The molecule has 0 saturated carbocycles. The molecule has 0 aliphatic rings. The molecule has 2 aromatic carbocycles. The van der Waals surface area contributed by atoms with E-state index in [0.29, 0.717) is 29.4 Å². The van der Waals surface area contributed by atoms with Gasteiger partial charge in [-0.05, 0) is 35.7 Å². The highest BCUT2D eigenvalue weighted by Gasteiger charge is 2.04. The minimum absolute atomic E-state index is 0.0138. The van der Waals surface area contributed by atoms with Gasteiger partial charge in [-0.25, -0.2) is 0 Å². The number of aryl methyl sites for hydroxylation is 1.